The number of pyridine rings is 1. The molecule has 1 aromatic heterocycles. The molecule has 1 fully saturated rings. The lowest BCUT2D eigenvalue weighted by atomic mass is 10.1. The van der Waals surface area contributed by atoms with Crippen molar-refractivity contribution in [2.45, 2.75) is 19.9 Å². The summed E-state index contributed by atoms with van der Waals surface area (Å²) in [5.74, 6) is 1.16. The molecule has 1 aliphatic heterocycles. The van der Waals surface area contributed by atoms with Crippen molar-refractivity contribution in [3.63, 3.8) is 0 Å². The summed E-state index contributed by atoms with van der Waals surface area (Å²) in [6, 6.07) is 5.57. The van der Waals surface area contributed by atoms with Crippen molar-refractivity contribution >= 4 is 45.8 Å². The fourth-order valence-electron chi connectivity index (χ4n) is 2.80. The molecule has 0 saturated carbocycles. The number of nitrogens with zero attached hydrogens (tertiary/aromatic N) is 2. The molecule has 1 atom stereocenters. The minimum absolute atomic E-state index is 0.121. The number of rotatable bonds is 8. The molecule has 30 heavy (non-hydrogen) atoms. The number of methoxy groups -OCH3 is 1. The Hall–Kier alpha value is -2.04. The number of benzene rings is 1. The maximum absolute atomic E-state index is 6.61. The van der Waals surface area contributed by atoms with Gasteiger partial charge in [-0.3, -0.25) is 0 Å². The SMILES string of the molecule is CC.CNN/N=C(/C=S)c1cc(OC)c2ccc(OCC3COCCN3)c(Cl)c2n1. The minimum Gasteiger partial charge on any atom is -0.496 e. The van der Waals surface area contributed by atoms with Gasteiger partial charge in [0.15, 0.2) is 0 Å². The minimum atomic E-state index is 0.121. The molecule has 0 amide bonds. The zero-order chi connectivity index (χ0) is 21.9. The van der Waals surface area contributed by atoms with Gasteiger partial charge < -0.3 is 19.5 Å². The van der Waals surface area contributed by atoms with Crippen LogP contribution in [0, 0.1) is 0 Å². The molecule has 1 aromatic carbocycles. The van der Waals surface area contributed by atoms with Gasteiger partial charge in [-0.25, -0.2) is 15.9 Å². The van der Waals surface area contributed by atoms with E-state index in [0.29, 0.717) is 53.3 Å². The Balaban J connectivity index is 0.00000155. The average molecular weight is 454 g/mol. The monoisotopic (exact) mass is 453 g/mol. The first kappa shape index (κ1) is 24.2. The Morgan fingerprint density at radius 2 is 2.23 bits per heavy atom. The van der Waals surface area contributed by atoms with E-state index in [4.69, 9.17) is 38.0 Å². The van der Waals surface area contributed by atoms with E-state index in [0.717, 1.165) is 11.9 Å². The van der Waals surface area contributed by atoms with Crippen LogP contribution in [0.15, 0.2) is 23.3 Å². The highest BCUT2D eigenvalue weighted by molar-refractivity contribution is 7.80. The van der Waals surface area contributed by atoms with Crippen LogP contribution in [-0.4, -0.2) is 62.6 Å². The Morgan fingerprint density at radius 3 is 2.87 bits per heavy atom. The number of thiocarbonyl (C=S) groups is 1. The number of nitrogens with one attached hydrogen (secondary N) is 3. The van der Waals surface area contributed by atoms with E-state index in [1.807, 2.05) is 26.0 Å². The molecule has 3 N–H and O–H groups in total. The van der Waals surface area contributed by atoms with E-state index in [9.17, 15) is 0 Å². The summed E-state index contributed by atoms with van der Waals surface area (Å²) in [5, 5.41) is 10.1. The quantitative estimate of drug-likeness (QED) is 0.319. The molecule has 164 valence electrons. The number of fused-ring (bicyclic) bond motifs is 1. The number of ether oxygens (including phenoxy) is 3. The van der Waals surface area contributed by atoms with Gasteiger partial charge in [0.1, 0.15) is 28.8 Å². The van der Waals surface area contributed by atoms with Gasteiger partial charge in [0, 0.05) is 30.4 Å². The van der Waals surface area contributed by atoms with Crippen molar-refractivity contribution in [3.8, 4) is 11.5 Å². The zero-order valence-electron chi connectivity index (χ0n) is 17.6. The first-order chi connectivity index (χ1) is 14.7. The van der Waals surface area contributed by atoms with Gasteiger partial charge in [-0.15, -0.1) is 0 Å². The van der Waals surface area contributed by atoms with E-state index < -0.39 is 0 Å². The van der Waals surface area contributed by atoms with Gasteiger partial charge in [0.2, 0.25) is 0 Å². The van der Waals surface area contributed by atoms with Gasteiger partial charge in [-0.2, -0.15) is 5.10 Å². The Bertz CT molecular complexity index is 875. The lowest BCUT2D eigenvalue weighted by Gasteiger charge is -2.24. The van der Waals surface area contributed by atoms with Crippen molar-refractivity contribution in [1.29, 1.82) is 0 Å². The predicted molar refractivity (Wildman–Crippen MR) is 125 cm³/mol. The predicted octanol–water partition coefficient (Wildman–Crippen LogP) is 2.72. The fourth-order valence-corrected chi connectivity index (χ4v) is 3.23. The molecule has 3 rings (SSSR count). The summed E-state index contributed by atoms with van der Waals surface area (Å²) >= 11 is 11.7. The second kappa shape index (κ2) is 12.6. The van der Waals surface area contributed by atoms with Crippen LogP contribution in [0.2, 0.25) is 5.02 Å². The number of hydrogen-bond donors (Lipinski definition) is 3. The van der Waals surface area contributed by atoms with Crippen LogP contribution in [-0.2, 0) is 4.74 Å². The van der Waals surface area contributed by atoms with Crippen molar-refractivity contribution < 1.29 is 14.2 Å². The lowest BCUT2D eigenvalue weighted by molar-refractivity contribution is 0.0593. The smallest absolute Gasteiger partial charge is 0.140 e. The first-order valence-electron chi connectivity index (χ1n) is 9.74. The Kier molecular flexibility index (Phi) is 10.2. The number of hydrazone groups is 1. The van der Waals surface area contributed by atoms with Crippen LogP contribution in [0.25, 0.3) is 10.9 Å². The Morgan fingerprint density at radius 1 is 1.43 bits per heavy atom. The fraction of sp³-hybridized carbons (Fsp3) is 0.450. The summed E-state index contributed by atoms with van der Waals surface area (Å²) < 4.78 is 16.9. The molecule has 0 spiro atoms. The lowest BCUT2D eigenvalue weighted by Crippen LogP contribution is -2.44. The van der Waals surface area contributed by atoms with Crippen LogP contribution in [0.1, 0.15) is 19.5 Å². The third kappa shape index (κ3) is 5.99. The second-order valence-electron chi connectivity index (χ2n) is 6.00. The standard InChI is InChI=1S/C18H22ClN5O3S.C2H6/c1-20-24-23-14(10-28)13-7-16(25-2)12-3-4-15(17(19)18(12)22-13)27-9-11-8-26-6-5-21-11;1-2/h3-4,7,10-11,20-21,24H,5-6,8-9H2,1-2H3;1-2H3/b23-14-;. The summed E-state index contributed by atoms with van der Waals surface area (Å²) in [7, 11) is 3.29. The Labute approximate surface area is 187 Å². The summed E-state index contributed by atoms with van der Waals surface area (Å²) in [6.07, 6.45) is 0. The van der Waals surface area contributed by atoms with E-state index in [-0.39, 0.29) is 6.04 Å². The van der Waals surface area contributed by atoms with Gasteiger partial charge in [-0.05, 0) is 12.1 Å². The van der Waals surface area contributed by atoms with Crippen molar-refractivity contribution in [2.75, 3.05) is 40.5 Å². The zero-order valence-corrected chi connectivity index (χ0v) is 19.2. The van der Waals surface area contributed by atoms with Crippen LogP contribution >= 0.6 is 23.8 Å². The first-order valence-corrected chi connectivity index (χ1v) is 10.6. The number of morpholine rings is 1. The van der Waals surface area contributed by atoms with Gasteiger partial charge in [0.25, 0.3) is 0 Å². The van der Waals surface area contributed by atoms with Crippen molar-refractivity contribution in [3.05, 3.63) is 28.9 Å². The van der Waals surface area contributed by atoms with Gasteiger partial charge in [0.05, 0.1) is 37.6 Å². The molecule has 2 aromatic rings. The maximum atomic E-state index is 6.61. The number of hydrogen-bond acceptors (Lipinski definition) is 9. The summed E-state index contributed by atoms with van der Waals surface area (Å²) in [5.41, 5.74) is 6.91. The molecule has 1 unspecified atom stereocenters. The average Bonchev–Trinajstić information content (AvgIpc) is 2.81. The molecule has 2 heterocycles. The molecular weight excluding hydrogens is 426 g/mol. The molecular formula is C20H28ClN5O3S. The molecule has 10 heteroatoms. The third-order valence-electron chi connectivity index (χ3n) is 4.17. The highest BCUT2D eigenvalue weighted by Crippen LogP contribution is 2.36. The highest BCUT2D eigenvalue weighted by atomic mass is 35.5. The molecule has 0 bridgehead atoms. The van der Waals surface area contributed by atoms with Crippen molar-refractivity contribution in [1.82, 2.24) is 21.3 Å². The van der Waals surface area contributed by atoms with Gasteiger partial charge >= 0.3 is 0 Å². The number of aromatic nitrogens is 1. The summed E-state index contributed by atoms with van der Waals surface area (Å²) in [4.78, 5) is 4.63. The van der Waals surface area contributed by atoms with E-state index in [1.54, 1.807) is 20.2 Å². The van der Waals surface area contributed by atoms with Gasteiger partial charge in [-0.1, -0.05) is 37.7 Å². The van der Waals surface area contributed by atoms with E-state index in [1.165, 1.54) is 5.37 Å². The molecule has 0 aliphatic carbocycles. The molecule has 1 saturated heterocycles. The van der Waals surface area contributed by atoms with Crippen molar-refractivity contribution in [2.24, 2.45) is 5.10 Å². The maximum Gasteiger partial charge on any atom is 0.140 e. The van der Waals surface area contributed by atoms with Crippen LogP contribution in [0.4, 0.5) is 0 Å². The second-order valence-corrected chi connectivity index (χ2v) is 6.61. The number of halogens is 1. The van der Waals surface area contributed by atoms with Crippen LogP contribution in [0.5, 0.6) is 11.5 Å². The molecule has 1 aliphatic rings. The molecule has 8 nitrogen and oxygen atoms in total. The normalized spacial score (nSPS) is 16.4. The largest absolute Gasteiger partial charge is 0.496 e. The van der Waals surface area contributed by atoms with E-state index in [2.05, 4.69) is 26.4 Å². The van der Waals surface area contributed by atoms with Crippen LogP contribution in [0.3, 0.4) is 0 Å². The topological polar surface area (TPSA) is 89.0 Å². The molecule has 0 radical (unpaired) electrons. The third-order valence-corrected chi connectivity index (χ3v) is 4.76. The van der Waals surface area contributed by atoms with Crippen LogP contribution < -0.4 is 25.8 Å². The van der Waals surface area contributed by atoms with E-state index >= 15 is 0 Å². The number of hydrazine groups is 1. The highest BCUT2D eigenvalue weighted by Gasteiger charge is 2.18. The summed E-state index contributed by atoms with van der Waals surface area (Å²) in [6.45, 7) is 6.57.